The molecule has 0 spiro atoms. The van der Waals surface area contributed by atoms with E-state index in [1.165, 1.54) is 0 Å². The number of aromatic nitrogens is 2. The number of carbonyl (C=O) groups excluding carboxylic acids is 1. The van der Waals surface area contributed by atoms with Gasteiger partial charge in [-0.05, 0) is 37.3 Å². The summed E-state index contributed by atoms with van der Waals surface area (Å²) < 4.78 is 6.32. The van der Waals surface area contributed by atoms with E-state index in [0.717, 1.165) is 52.0 Å². The number of piperidine rings is 1. The van der Waals surface area contributed by atoms with E-state index in [2.05, 4.69) is 58.8 Å². The van der Waals surface area contributed by atoms with Gasteiger partial charge in [0.15, 0.2) is 0 Å². The zero-order chi connectivity index (χ0) is 28.7. The molecule has 5 rings (SSSR count). The molecule has 214 valence electrons. The van der Waals surface area contributed by atoms with Gasteiger partial charge in [-0.1, -0.05) is 39.3 Å². The van der Waals surface area contributed by atoms with Gasteiger partial charge in [-0.25, -0.2) is 9.97 Å². The first-order chi connectivity index (χ1) is 19.0. The minimum atomic E-state index is -0.349. The van der Waals surface area contributed by atoms with Crippen molar-refractivity contribution in [3.8, 4) is 11.8 Å². The molecular formula is C30H39ClN6O3. The molecular weight excluding hydrogens is 528 g/mol. The summed E-state index contributed by atoms with van der Waals surface area (Å²) >= 11 is 6.20. The zero-order valence-electron chi connectivity index (χ0n) is 23.7. The predicted octanol–water partition coefficient (Wildman–Crippen LogP) is 3.90. The Balaban J connectivity index is 1.15. The van der Waals surface area contributed by atoms with Crippen LogP contribution in [0.5, 0.6) is 5.75 Å². The lowest BCUT2D eigenvalue weighted by Crippen LogP contribution is -2.74. The van der Waals surface area contributed by atoms with Crippen LogP contribution in [0.25, 0.3) is 0 Å². The van der Waals surface area contributed by atoms with Crippen molar-refractivity contribution in [2.45, 2.75) is 65.2 Å². The van der Waals surface area contributed by atoms with Gasteiger partial charge in [0.2, 0.25) is 5.95 Å². The number of aliphatic hydroxyl groups is 1. The first kappa shape index (κ1) is 28.6. The minimum Gasteiger partial charge on any atom is -0.489 e. The largest absolute Gasteiger partial charge is 0.489 e. The first-order valence-corrected chi connectivity index (χ1v) is 14.5. The SMILES string of the molecule is CC1(C)C(NC(=O)c2cnc(N3CCC(CN4CCC(O)C4)CC3)nc2)C(C)(C)C1Oc1ccc(C#N)c(Cl)c1. The van der Waals surface area contributed by atoms with Crippen LogP contribution in [0.15, 0.2) is 30.6 Å². The number of hydrogen-bond acceptors (Lipinski definition) is 8. The summed E-state index contributed by atoms with van der Waals surface area (Å²) in [6.45, 7) is 12.9. The van der Waals surface area contributed by atoms with E-state index in [0.29, 0.717) is 33.8 Å². The third-order valence-electron chi connectivity index (χ3n) is 8.99. The van der Waals surface area contributed by atoms with Crippen LogP contribution in [0, 0.1) is 28.1 Å². The fraction of sp³-hybridized carbons (Fsp3) is 0.600. The molecule has 3 heterocycles. The summed E-state index contributed by atoms with van der Waals surface area (Å²) in [5.74, 6) is 1.68. The molecule has 1 saturated carbocycles. The van der Waals surface area contributed by atoms with Gasteiger partial charge in [-0.3, -0.25) is 4.79 Å². The van der Waals surface area contributed by atoms with Crippen LogP contribution in [0.2, 0.25) is 5.02 Å². The second kappa shape index (κ2) is 11.2. The van der Waals surface area contributed by atoms with Gasteiger partial charge in [-0.2, -0.15) is 5.26 Å². The third kappa shape index (κ3) is 5.63. The summed E-state index contributed by atoms with van der Waals surface area (Å²) in [6.07, 6.45) is 5.90. The fourth-order valence-electron chi connectivity index (χ4n) is 7.07. The molecule has 2 saturated heterocycles. The number of nitrogens with one attached hydrogen (secondary N) is 1. The molecule has 1 unspecified atom stereocenters. The number of hydrogen-bond donors (Lipinski definition) is 2. The Kier molecular flexibility index (Phi) is 7.97. The number of benzene rings is 1. The lowest BCUT2D eigenvalue weighted by molar-refractivity contribution is -0.164. The molecule has 2 aromatic rings. The van der Waals surface area contributed by atoms with Gasteiger partial charge < -0.3 is 25.0 Å². The van der Waals surface area contributed by atoms with Crippen molar-refractivity contribution < 1.29 is 14.6 Å². The Morgan fingerprint density at radius 3 is 2.40 bits per heavy atom. The van der Waals surface area contributed by atoms with Gasteiger partial charge in [0.25, 0.3) is 5.91 Å². The van der Waals surface area contributed by atoms with Crippen molar-refractivity contribution in [1.29, 1.82) is 5.26 Å². The molecule has 3 fully saturated rings. The van der Waals surface area contributed by atoms with Crippen LogP contribution in [0.3, 0.4) is 0 Å². The van der Waals surface area contributed by atoms with Crippen molar-refractivity contribution in [3.05, 3.63) is 46.7 Å². The van der Waals surface area contributed by atoms with Crippen LogP contribution in [0.1, 0.15) is 62.9 Å². The topological polar surface area (TPSA) is 115 Å². The number of nitriles is 1. The molecule has 1 aromatic heterocycles. The van der Waals surface area contributed by atoms with Crippen LogP contribution in [0.4, 0.5) is 5.95 Å². The summed E-state index contributed by atoms with van der Waals surface area (Å²) in [5.41, 5.74) is 0.138. The van der Waals surface area contributed by atoms with Gasteiger partial charge in [0, 0.05) is 68.1 Å². The maximum absolute atomic E-state index is 13.2. The molecule has 0 radical (unpaired) electrons. The van der Waals surface area contributed by atoms with Crippen molar-refractivity contribution in [2.75, 3.05) is 37.6 Å². The van der Waals surface area contributed by atoms with Crippen LogP contribution in [-0.2, 0) is 0 Å². The monoisotopic (exact) mass is 566 g/mol. The van der Waals surface area contributed by atoms with E-state index in [-0.39, 0.29) is 35.0 Å². The second-order valence-electron chi connectivity index (χ2n) is 12.7. The van der Waals surface area contributed by atoms with E-state index in [4.69, 9.17) is 21.6 Å². The molecule has 9 nitrogen and oxygen atoms in total. The number of β-amino-alcohol motifs (C(OH)–C–C–N with tert-alkyl or cyclic N) is 1. The number of nitrogens with zero attached hydrogens (tertiary/aromatic N) is 5. The second-order valence-corrected chi connectivity index (χ2v) is 13.1. The first-order valence-electron chi connectivity index (χ1n) is 14.1. The molecule has 1 amide bonds. The molecule has 1 atom stereocenters. The smallest absolute Gasteiger partial charge is 0.254 e. The van der Waals surface area contributed by atoms with E-state index in [9.17, 15) is 9.90 Å². The number of likely N-dealkylation sites (tertiary alicyclic amines) is 1. The van der Waals surface area contributed by atoms with Crippen molar-refractivity contribution in [3.63, 3.8) is 0 Å². The lowest BCUT2D eigenvalue weighted by Gasteiger charge is -2.63. The molecule has 0 bridgehead atoms. The summed E-state index contributed by atoms with van der Waals surface area (Å²) in [7, 11) is 0. The molecule has 1 aromatic carbocycles. The fourth-order valence-corrected chi connectivity index (χ4v) is 7.28. The summed E-state index contributed by atoms with van der Waals surface area (Å²) in [4.78, 5) is 26.8. The van der Waals surface area contributed by atoms with Gasteiger partial charge in [0.1, 0.15) is 17.9 Å². The number of rotatable bonds is 7. The molecule has 40 heavy (non-hydrogen) atoms. The maximum atomic E-state index is 13.2. The Morgan fingerprint density at radius 1 is 1.15 bits per heavy atom. The summed E-state index contributed by atoms with van der Waals surface area (Å²) in [5, 5.41) is 22.5. The van der Waals surface area contributed by atoms with Crippen molar-refractivity contribution in [1.82, 2.24) is 20.2 Å². The van der Waals surface area contributed by atoms with Crippen LogP contribution in [-0.4, -0.2) is 76.9 Å². The van der Waals surface area contributed by atoms with Crippen molar-refractivity contribution in [2.24, 2.45) is 16.7 Å². The Hall–Kier alpha value is -2.93. The molecule has 2 aliphatic heterocycles. The molecule has 3 aliphatic rings. The lowest BCUT2D eigenvalue weighted by atomic mass is 9.49. The number of halogens is 1. The Labute approximate surface area is 241 Å². The average Bonchev–Trinajstić information content (AvgIpc) is 3.34. The highest BCUT2D eigenvalue weighted by Crippen LogP contribution is 2.55. The van der Waals surface area contributed by atoms with Crippen molar-refractivity contribution >= 4 is 23.5 Å². The maximum Gasteiger partial charge on any atom is 0.254 e. The van der Waals surface area contributed by atoms with Gasteiger partial charge in [0.05, 0.1) is 22.3 Å². The number of anilines is 1. The highest BCUT2D eigenvalue weighted by atomic mass is 35.5. The van der Waals surface area contributed by atoms with E-state index < -0.39 is 0 Å². The number of carbonyl (C=O) groups is 1. The van der Waals surface area contributed by atoms with Crippen LogP contribution < -0.4 is 15.0 Å². The Bertz CT molecular complexity index is 1250. The average molecular weight is 567 g/mol. The third-order valence-corrected chi connectivity index (χ3v) is 9.30. The van der Waals surface area contributed by atoms with Crippen LogP contribution >= 0.6 is 11.6 Å². The summed E-state index contributed by atoms with van der Waals surface area (Å²) in [6, 6.07) is 7.00. The standard InChI is InChI=1S/C30H39ClN6O3/c1-29(2)26(30(3,4)27(29)40-23-6-5-20(14-32)24(31)13-23)35-25(39)21-15-33-28(34-16-21)37-11-7-19(8-12-37)17-36-10-9-22(38)18-36/h5-6,13,15-16,19,22,26-27,38H,7-12,17-18H2,1-4H3,(H,35,39). The van der Waals surface area contributed by atoms with E-state index >= 15 is 0 Å². The molecule has 2 N–H and O–H groups in total. The normalized spacial score (nSPS) is 26.1. The zero-order valence-corrected chi connectivity index (χ0v) is 24.5. The highest BCUT2D eigenvalue weighted by Gasteiger charge is 2.64. The van der Waals surface area contributed by atoms with E-state index in [1.807, 2.05) is 0 Å². The van der Waals surface area contributed by atoms with E-state index in [1.54, 1.807) is 30.6 Å². The molecule has 1 aliphatic carbocycles. The number of amides is 1. The Morgan fingerprint density at radius 2 is 1.82 bits per heavy atom. The van der Waals surface area contributed by atoms with Gasteiger partial charge >= 0.3 is 0 Å². The van der Waals surface area contributed by atoms with Gasteiger partial charge in [-0.15, -0.1) is 0 Å². The molecule has 10 heteroatoms. The predicted molar refractivity (Wildman–Crippen MR) is 153 cm³/mol. The quantitative estimate of drug-likeness (QED) is 0.519. The number of ether oxygens (including phenoxy) is 1. The number of aliphatic hydroxyl groups excluding tert-OH is 1. The minimum absolute atomic E-state index is 0.137. The highest BCUT2D eigenvalue weighted by molar-refractivity contribution is 6.31.